The average Bonchev–Trinajstić information content (AvgIpc) is 2.89. The number of halogens is 1. The molecule has 0 fully saturated rings. The zero-order chi connectivity index (χ0) is 13.0. The Kier molecular flexibility index (Phi) is 4.43. The molecule has 2 atom stereocenters. The lowest BCUT2D eigenvalue weighted by molar-refractivity contribution is 0.507. The fraction of sp³-hybridized carbons (Fsp3) is 0.400. The largest absolute Gasteiger partial charge is 0.241 e. The van der Waals surface area contributed by atoms with Gasteiger partial charge in [0.2, 0.25) is 0 Å². The molecule has 0 saturated carbocycles. The van der Waals surface area contributed by atoms with Crippen LogP contribution in [0.25, 0.3) is 5.69 Å². The first-order valence-corrected chi connectivity index (χ1v) is 6.90. The third-order valence-electron chi connectivity index (χ3n) is 3.19. The minimum Gasteiger partial charge on any atom is -0.241 e. The molecule has 0 aliphatic heterocycles. The highest BCUT2D eigenvalue weighted by Crippen LogP contribution is 2.31. The highest BCUT2D eigenvalue weighted by Gasteiger charge is 2.17. The molecule has 0 N–H and O–H groups in total. The number of rotatable bonds is 5. The normalized spacial score (nSPS) is 14.4. The minimum absolute atomic E-state index is 0.0439. The van der Waals surface area contributed by atoms with Gasteiger partial charge in [0, 0.05) is 11.8 Å². The topological polar surface area (TPSA) is 17.8 Å². The van der Waals surface area contributed by atoms with Gasteiger partial charge in [0.1, 0.15) is 0 Å². The van der Waals surface area contributed by atoms with E-state index in [4.69, 9.17) is 11.6 Å². The van der Waals surface area contributed by atoms with Gasteiger partial charge in [0.25, 0.3) is 0 Å². The third-order valence-corrected chi connectivity index (χ3v) is 3.87. The van der Waals surface area contributed by atoms with Gasteiger partial charge in [-0.3, -0.25) is 0 Å². The number of nitrogens with zero attached hydrogens (tertiary/aromatic N) is 2. The molecule has 1 heterocycles. The molecule has 2 rings (SSSR count). The average molecular weight is 263 g/mol. The molecule has 18 heavy (non-hydrogen) atoms. The molecule has 1 aromatic heterocycles. The summed E-state index contributed by atoms with van der Waals surface area (Å²) in [6.45, 7) is 4.38. The van der Waals surface area contributed by atoms with E-state index in [1.54, 1.807) is 0 Å². The van der Waals surface area contributed by atoms with Crippen LogP contribution in [0.2, 0.25) is 0 Å². The van der Waals surface area contributed by atoms with Crippen LogP contribution in [-0.4, -0.2) is 9.78 Å². The summed E-state index contributed by atoms with van der Waals surface area (Å²) in [5, 5.41) is 4.43. The van der Waals surface area contributed by atoms with Gasteiger partial charge in [-0.25, -0.2) is 4.68 Å². The molecule has 1 aromatic carbocycles. The van der Waals surface area contributed by atoms with Crippen molar-refractivity contribution < 1.29 is 0 Å². The lowest BCUT2D eigenvalue weighted by Crippen LogP contribution is -2.02. The minimum atomic E-state index is 0.0439. The number of benzene rings is 1. The number of alkyl halides is 1. The Morgan fingerprint density at radius 1 is 1.28 bits per heavy atom. The molecule has 96 valence electrons. The Bertz CT molecular complexity index is 478. The monoisotopic (exact) mass is 262 g/mol. The van der Waals surface area contributed by atoms with Crippen molar-refractivity contribution in [3.63, 3.8) is 0 Å². The van der Waals surface area contributed by atoms with Crippen molar-refractivity contribution in [3.05, 3.63) is 48.3 Å². The van der Waals surface area contributed by atoms with E-state index < -0.39 is 0 Å². The SMILES string of the molecule is CCCC(C)C(Cl)c1cnn(-c2ccccc2)c1. The first-order chi connectivity index (χ1) is 8.72. The van der Waals surface area contributed by atoms with Crippen molar-refractivity contribution in [2.24, 2.45) is 5.92 Å². The van der Waals surface area contributed by atoms with E-state index in [0.29, 0.717) is 5.92 Å². The second-order valence-corrected chi connectivity index (χ2v) is 5.19. The fourth-order valence-electron chi connectivity index (χ4n) is 2.13. The lowest BCUT2D eigenvalue weighted by atomic mass is 9.98. The van der Waals surface area contributed by atoms with Crippen molar-refractivity contribution in [3.8, 4) is 5.69 Å². The van der Waals surface area contributed by atoms with E-state index in [1.165, 1.54) is 0 Å². The van der Waals surface area contributed by atoms with Crippen LogP contribution >= 0.6 is 11.6 Å². The zero-order valence-electron chi connectivity index (χ0n) is 10.9. The third kappa shape index (κ3) is 2.94. The highest BCUT2D eigenvalue weighted by atomic mass is 35.5. The van der Waals surface area contributed by atoms with Crippen LogP contribution in [0.5, 0.6) is 0 Å². The van der Waals surface area contributed by atoms with Gasteiger partial charge in [-0.15, -0.1) is 11.6 Å². The molecule has 0 spiro atoms. The van der Waals surface area contributed by atoms with E-state index in [0.717, 1.165) is 24.1 Å². The summed E-state index contributed by atoms with van der Waals surface area (Å²) >= 11 is 6.48. The molecule has 2 unspecified atom stereocenters. The van der Waals surface area contributed by atoms with Crippen molar-refractivity contribution in [2.45, 2.75) is 32.1 Å². The summed E-state index contributed by atoms with van der Waals surface area (Å²) in [6.07, 6.45) is 6.21. The summed E-state index contributed by atoms with van der Waals surface area (Å²) in [7, 11) is 0. The molecule has 0 amide bonds. The first-order valence-electron chi connectivity index (χ1n) is 6.46. The van der Waals surface area contributed by atoms with Crippen LogP contribution in [0, 0.1) is 5.92 Å². The molecule has 0 radical (unpaired) electrons. The summed E-state index contributed by atoms with van der Waals surface area (Å²) in [4.78, 5) is 0. The molecular weight excluding hydrogens is 244 g/mol. The van der Waals surface area contributed by atoms with Crippen LogP contribution in [0.4, 0.5) is 0 Å². The summed E-state index contributed by atoms with van der Waals surface area (Å²) in [6, 6.07) is 10.1. The van der Waals surface area contributed by atoms with Gasteiger partial charge < -0.3 is 0 Å². The van der Waals surface area contributed by atoms with Crippen molar-refractivity contribution in [2.75, 3.05) is 0 Å². The Labute approximate surface area is 114 Å². The molecule has 0 bridgehead atoms. The van der Waals surface area contributed by atoms with Gasteiger partial charge in [0.15, 0.2) is 0 Å². The predicted molar refractivity (Wildman–Crippen MR) is 76.2 cm³/mol. The quantitative estimate of drug-likeness (QED) is 0.721. The molecule has 0 aliphatic carbocycles. The van der Waals surface area contributed by atoms with E-state index in [-0.39, 0.29) is 5.38 Å². The Hall–Kier alpha value is -1.28. The van der Waals surface area contributed by atoms with Crippen LogP contribution in [-0.2, 0) is 0 Å². The zero-order valence-corrected chi connectivity index (χ0v) is 11.6. The van der Waals surface area contributed by atoms with Gasteiger partial charge >= 0.3 is 0 Å². The van der Waals surface area contributed by atoms with Crippen molar-refractivity contribution in [1.82, 2.24) is 9.78 Å². The Morgan fingerprint density at radius 2 is 2.00 bits per heavy atom. The number of hydrogen-bond acceptors (Lipinski definition) is 1. The maximum Gasteiger partial charge on any atom is 0.0645 e. The Morgan fingerprint density at radius 3 is 2.67 bits per heavy atom. The molecule has 2 nitrogen and oxygen atoms in total. The van der Waals surface area contributed by atoms with Crippen LogP contribution < -0.4 is 0 Å². The number of hydrogen-bond donors (Lipinski definition) is 0. The van der Waals surface area contributed by atoms with Gasteiger partial charge in [-0.1, -0.05) is 38.5 Å². The highest BCUT2D eigenvalue weighted by molar-refractivity contribution is 6.20. The Balaban J connectivity index is 2.15. The summed E-state index contributed by atoms with van der Waals surface area (Å²) in [5.41, 5.74) is 2.16. The standard InChI is InChI=1S/C15H19ClN2/c1-3-7-12(2)15(16)13-10-17-18(11-13)14-8-5-4-6-9-14/h4-6,8-12,15H,3,7H2,1-2H3. The summed E-state index contributed by atoms with van der Waals surface area (Å²) < 4.78 is 1.88. The molecule has 0 aliphatic rings. The second kappa shape index (κ2) is 6.05. The van der Waals surface area contributed by atoms with Crippen LogP contribution in [0.3, 0.4) is 0 Å². The first kappa shape index (κ1) is 13.2. The van der Waals surface area contributed by atoms with Crippen molar-refractivity contribution >= 4 is 11.6 Å². The second-order valence-electron chi connectivity index (χ2n) is 4.72. The van der Waals surface area contributed by atoms with Crippen LogP contribution in [0.1, 0.15) is 37.6 Å². The lowest BCUT2D eigenvalue weighted by Gasteiger charge is -2.15. The maximum absolute atomic E-state index is 6.48. The van der Waals surface area contributed by atoms with Gasteiger partial charge in [-0.05, 0) is 24.5 Å². The maximum atomic E-state index is 6.48. The molecule has 3 heteroatoms. The van der Waals surface area contributed by atoms with Gasteiger partial charge in [0.05, 0.1) is 17.3 Å². The smallest absolute Gasteiger partial charge is 0.0645 e. The molecular formula is C15H19ClN2. The van der Waals surface area contributed by atoms with Crippen LogP contribution in [0.15, 0.2) is 42.7 Å². The number of para-hydroxylation sites is 1. The predicted octanol–water partition coefficient (Wildman–Crippen LogP) is 4.59. The molecule has 2 aromatic rings. The van der Waals surface area contributed by atoms with Gasteiger partial charge in [-0.2, -0.15) is 5.10 Å². The van der Waals surface area contributed by atoms with E-state index in [9.17, 15) is 0 Å². The van der Waals surface area contributed by atoms with E-state index >= 15 is 0 Å². The fourth-order valence-corrected chi connectivity index (χ4v) is 2.37. The van der Waals surface area contributed by atoms with E-state index in [1.807, 2.05) is 47.4 Å². The van der Waals surface area contributed by atoms with E-state index in [2.05, 4.69) is 18.9 Å². The number of aromatic nitrogens is 2. The molecule has 0 saturated heterocycles. The van der Waals surface area contributed by atoms with Crippen molar-refractivity contribution in [1.29, 1.82) is 0 Å². The summed E-state index contributed by atoms with van der Waals surface area (Å²) in [5.74, 6) is 0.477.